The van der Waals surface area contributed by atoms with Gasteiger partial charge in [-0.3, -0.25) is 0 Å². The summed E-state index contributed by atoms with van der Waals surface area (Å²) in [5.41, 5.74) is 1.33. The molecule has 0 saturated heterocycles. The van der Waals surface area contributed by atoms with Crippen LogP contribution >= 0.6 is 11.8 Å². The molecule has 0 radical (unpaired) electrons. The predicted octanol–water partition coefficient (Wildman–Crippen LogP) is 3.08. The normalized spacial score (nSPS) is 17.2. The molecule has 1 fully saturated rings. The highest BCUT2D eigenvalue weighted by Gasteiger charge is 2.35. The lowest BCUT2D eigenvalue weighted by Gasteiger charge is -2.40. The van der Waals surface area contributed by atoms with Gasteiger partial charge in [-0.25, -0.2) is 4.79 Å². The van der Waals surface area contributed by atoms with Crippen LogP contribution in [0.15, 0.2) is 24.3 Å². The molecular formula is C13H17NO2S. The monoisotopic (exact) mass is 251 g/mol. The summed E-state index contributed by atoms with van der Waals surface area (Å²) in [6.45, 7) is 0.959. The van der Waals surface area contributed by atoms with Crippen LogP contribution in [0, 0.1) is 0 Å². The number of aromatic carboxylic acids is 1. The van der Waals surface area contributed by atoms with Crippen LogP contribution in [0.2, 0.25) is 0 Å². The van der Waals surface area contributed by atoms with Crippen molar-refractivity contribution in [1.82, 2.24) is 0 Å². The molecule has 2 rings (SSSR count). The Hall–Kier alpha value is -1.16. The number of benzene rings is 1. The van der Waals surface area contributed by atoms with Gasteiger partial charge in [0.05, 0.1) is 5.56 Å². The number of carboxylic acids is 1. The molecule has 3 nitrogen and oxygen atoms in total. The van der Waals surface area contributed by atoms with E-state index < -0.39 is 5.97 Å². The van der Waals surface area contributed by atoms with Gasteiger partial charge in [0, 0.05) is 17.0 Å². The number of rotatable bonds is 5. The molecule has 1 aromatic carbocycles. The van der Waals surface area contributed by atoms with E-state index in [1.165, 1.54) is 19.3 Å². The van der Waals surface area contributed by atoms with Crippen LogP contribution in [0.5, 0.6) is 0 Å². The van der Waals surface area contributed by atoms with Gasteiger partial charge in [0.25, 0.3) is 0 Å². The lowest BCUT2D eigenvalue weighted by Crippen LogP contribution is -2.40. The summed E-state index contributed by atoms with van der Waals surface area (Å²) in [5.74, 6) is -0.879. The summed E-state index contributed by atoms with van der Waals surface area (Å²) < 4.78 is 0.394. The van der Waals surface area contributed by atoms with Crippen molar-refractivity contribution in [2.75, 3.05) is 18.1 Å². The second-order valence-electron chi connectivity index (χ2n) is 4.48. The summed E-state index contributed by atoms with van der Waals surface area (Å²) in [5, 5.41) is 12.2. The number of hydrogen-bond acceptors (Lipinski definition) is 3. The molecule has 17 heavy (non-hydrogen) atoms. The lowest BCUT2D eigenvalue weighted by atomic mass is 9.84. The van der Waals surface area contributed by atoms with Crippen LogP contribution in [-0.4, -0.2) is 28.6 Å². The summed E-state index contributed by atoms with van der Waals surface area (Å²) in [6, 6.07) is 6.93. The Morgan fingerprint density at radius 1 is 1.41 bits per heavy atom. The van der Waals surface area contributed by atoms with E-state index in [1.807, 2.05) is 23.9 Å². The van der Waals surface area contributed by atoms with Crippen molar-refractivity contribution in [3.63, 3.8) is 0 Å². The fourth-order valence-corrected chi connectivity index (χ4v) is 2.93. The zero-order valence-corrected chi connectivity index (χ0v) is 10.7. The van der Waals surface area contributed by atoms with Crippen LogP contribution in [0.4, 0.5) is 5.69 Å². The minimum absolute atomic E-state index is 0.332. The Labute approximate surface area is 106 Å². The quantitative estimate of drug-likeness (QED) is 0.844. The van der Waals surface area contributed by atoms with Crippen molar-refractivity contribution in [1.29, 1.82) is 0 Å². The number of hydrogen-bond donors (Lipinski definition) is 2. The molecule has 0 amide bonds. The van der Waals surface area contributed by atoms with E-state index in [0.29, 0.717) is 10.3 Å². The number of thioether (sulfide) groups is 1. The third kappa shape index (κ3) is 2.75. The second kappa shape index (κ2) is 5.00. The molecule has 92 valence electrons. The molecule has 1 aromatic rings. The molecule has 1 aliphatic rings. The fourth-order valence-electron chi connectivity index (χ4n) is 2.02. The van der Waals surface area contributed by atoms with Gasteiger partial charge in [-0.15, -0.1) is 0 Å². The average molecular weight is 251 g/mol. The molecule has 0 heterocycles. The third-order valence-electron chi connectivity index (χ3n) is 3.44. The molecular weight excluding hydrogens is 234 g/mol. The largest absolute Gasteiger partial charge is 0.478 e. The number of carbonyl (C=O) groups is 1. The highest BCUT2D eigenvalue weighted by Crippen LogP contribution is 2.42. The van der Waals surface area contributed by atoms with Crippen molar-refractivity contribution < 1.29 is 9.90 Å². The molecule has 0 spiro atoms. The van der Waals surface area contributed by atoms with Gasteiger partial charge in [-0.2, -0.15) is 11.8 Å². The van der Waals surface area contributed by atoms with Gasteiger partial charge >= 0.3 is 5.97 Å². The van der Waals surface area contributed by atoms with Crippen LogP contribution in [-0.2, 0) is 0 Å². The molecule has 0 aliphatic heterocycles. The van der Waals surface area contributed by atoms with E-state index in [-0.39, 0.29) is 0 Å². The van der Waals surface area contributed by atoms with Crippen molar-refractivity contribution in [2.45, 2.75) is 24.0 Å². The summed E-state index contributed by atoms with van der Waals surface area (Å²) >= 11 is 1.93. The van der Waals surface area contributed by atoms with Crippen LogP contribution in [0.3, 0.4) is 0 Å². The topological polar surface area (TPSA) is 49.3 Å². The standard InChI is InChI=1S/C13H17NO2S/c1-17-13(7-2-8-13)9-14-11-5-3-10(4-6-11)12(15)16/h3-6,14H,2,7-9H2,1H3,(H,15,16). The molecule has 0 atom stereocenters. The molecule has 1 saturated carbocycles. The lowest BCUT2D eigenvalue weighted by molar-refractivity contribution is 0.0697. The number of carboxylic acid groups (broad SMARTS) is 1. The van der Waals surface area contributed by atoms with E-state index >= 15 is 0 Å². The van der Waals surface area contributed by atoms with Crippen LogP contribution < -0.4 is 5.32 Å². The van der Waals surface area contributed by atoms with Gasteiger partial charge in [0.1, 0.15) is 0 Å². The van der Waals surface area contributed by atoms with Gasteiger partial charge in [0.2, 0.25) is 0 Å². The predicted molar refractivity (Wildman–Crippen MR) is 72.0 cm³/mol. The first-order valence-electron chi connectivity index (χ1n) is 5.78. The third-order valence-corrected chi connectivity index (χ3v) is 4.86. The summed E-state index contributed by atoms with van der Waals surface area (Å²) in [4.78, 5) is 10.7. The highest BCUT2D eigenvalue weighted by atomic mass is 32.2. The smallest absolute Gasteiger partial charge is 0.335 e. The molecule has 0 bridgehead atoms. The van der Waals surface area contributed by atoms with Crippen molar-refractivity contribution in [3.05, 3.63) is 29.8 Å². The van der Waals surface area contributed by atoms with Gasteiger partial charge in [-0.05, 0) is 43.4 Å². The Morgan fingerprint density at radius 2 is 2.06 bits per heavy atom. The average Bonchev–Trinajstić information content (AvgIpc) is 2.29. The zero-order chi connectivity index (χ0) is 12.3. The maximum absolute atomic E-state index is 10.7. The van der Waals surface area contributed by atoms with Crippen molar-refractivity contribution >= 4 is 23.4 Å². The van der Waals surface area contributed by atoms with E-state index in [1.54, 1.807) is 12.1 Å². The summed E-state index contributed by atoms with van der Waals surface area (Å²) in [7, 11) is 0. The van der Waals surface area contributed by atoms with Crippen molar-refractivity contribution in [2.24, 2.45) is 0 Å². The van der Waals surface area contributed by atoms with E-state index in [2.05, 4.69) is 11.6 Å². The first-order valence-corrected chi connectivity index (χ1v) is 7.00. The Morgan fingerprint density at radius 3 is 2.47 bits per heavy atom. The van der Waals surface area contributed by atoms with Gasteiger partial charge in [-0.1, -0.05) is 6.42 Å². The zero-order valence-electron chi connectivity index (χ0n) is 9.90. The molecule has 0 unspecified atom stereocenters. The van der Waals surface area contributed by atoms with E-state index in [0.717, 1.165) is 12.2 Å². The molecule has 1 aliphatic carbocycles. The Balaban J connectivity index is 1.93. The molecule has 0 aromatic heterocycles. The second-order valence-corrected chi connectivity index (χ2v) is 5.75. The molecule has 2 N–H and O–H groups in total. The highest BCUT2D eigenvalue weighted by molar-refractivity contribution is 8.00. The van der Waals surface area contributed by atoms with Gasteiger partial charge < -0.3 is 10.4 Å². The van der Waals surface area contributed by atoms with Gasteiger partial charge in [0.15, 0.2) is 0 Å². The maximum Gasteiger partial charge on any atom is 0.335 e. The Kier molecular flexibility index (Phi) is 3.62. The minimum Gasteiger partial charge on any atom is -0.478 e. The number of nitrogens with one attached hydrogen (secondary N) is 1. The first kappa shape index (κ1) is 12.3. The number of anilines is 1. The fraction of sp³-hybridized carbons (Fsp3) is 0.462. The molecule has 4 heteroatoms. The minimum atomic E-state index is -0.879. The van der Waals surface area contributed by atoms with E-state index in [4.69, 9.17) is 5.11 Å². The van der Waals surface area contributed by atoms with E-state index in [9.17, 15) is 4.79 Å². The SMILES string of the molecule is CSC1(CNc2ccc(C(=O)O)cc2)CCC1. The van der Waals surface area contributed by atoms with Crippen molar-refractivity contribution in [3.8, 4) is 0 Å². The van der Waals surface area contributed by atoms with Crippen LogP contribution in [0.25, 0.3) is 0 Å². The maximum atomic E-state index is 10.7. The van der Waals surface area contributed by atoms with Crippen LogP contribution in [0.1, 0.15) is 29.6 Å². The Bertz CT molecular complexity index is 393. The summed E-state index contributed by atoms with van der Waals surface area (Å²) in [6.07, 6.45) is 6.03. The first-order chi connectivity index (χ1) is 8.15.